The molecule has 0 saturated heterocycles. The van der Waals surface area contributed by atoms with E-state index in [1.165, 1.54) is 24.3 Å². The zero-order valence-electron chi connectivity index (χ0n) is 14.3. The summed E-state index contributed by atoms with van der Waals surface area (Å²) in [5, 5.41) is 6.57. The molecule has 0 atom stereocenters. The average molecular weight is 356 g/mol. The number of nitrogens with zero attached hydrogens (tertiary/aromatic N) is 1. The Bertz CT molecular complexity index is 906. The molecule has 134 valence electrons. The monoisotopic (exact) mass is 356 g/mol. The Kier molecular flexibility index (Phi) is 5.17. The summed E-state index contributed by atoms with van der Waals surface area (Å²) in [5.41, 5.74) is 1.22. The lowest BCUT2D eigenvalue weighted by Gasteiger charge is -2.08. The topological polar surface area (TPSA) is 73.6 Å². The molecule has 7 heteroatoms. The first-order valence-corrected chi connectivity index (χ1v) is 7.85. The number of aromatic nitrogens is 1. The molecular formula is C19H17FN2O4. The van der Waals surface area contributed by atoms with Crippen LogP contribution in [0.3, 0.4) is 0 Å². The summed E-state index contributed by atoms with van der Waals surface area (Å²) in [6, 6.07) is 12.6. The first kappa shape index (κ1) is 17.5. The number of anilines is 1. The second kappa shape index (κ2) is 7.69. The van der Waals surface area contributed by atoms with Crippen molar-refractivity contribution in [3.8, 4) is 11.5 Å². The number of benzene rings is 2. The molecule has 0 fully saturated rings. The zero-order valence-corrected chi connectivity index (χ0v) is 14.3. The van der Waals surface area contributed by atoms with E-state index >= 15 is 0 Å². The molecule has 0 spiro atoms. The molecule has 3 aromatic rings. The first-order valence-electron chi connectivity index (χ1n) is 7.85. The van der Waals surface area contributed by atoms with E-state index in [0.29, 0.717) is 28.5 Å². The molecule has 0 bridgehead atoms. The van der Waals surface area contributed by atoms with Gasteiger partial charge in [-0.15, -0.1) is 0 Å². The largest absolute Gasteiger partial charge is 0.497 e. The van der Waals surface area contributed by atoms with Gasteiger partial charge < -0.3 is 19.3 Å². The minimum atomic E-state index is -0.423. The van der Waals surface area contributed by atoms with Crippen LogP contribution in [0.5, 0.6) is 11.5 Å². The molecule has 0 unspecified atom stereocenters. The summed E-state index contributed by atoms with van der Waals surface area (Å²) in [6.45, 7) is 1.76. The summed E-state index contributed by atoms with van der Waals surface area (Å²) >= 11 is 0. The minimum Gasteiger partial charge on any atom is -0.497 e. The Morgan fingerprint density at radius 1 is 1.19 bits per heavy atom. The third kappa shape index (κ3) is 4.00. The fourth-order valence-corrected chi connectivity index (χ4v) is 2.32. The number of rotatable bonds is 6. The number of methoxy groups -OCH3 is 1. The number of hydrogen-bond donors (Lipinski definition) is 1. The van der Waals surface area contributed by atoms with Gasteiger partial charge in [0.05, 0.1) is 12.7 Å². The van der Waals surface area contributed by atoms with Crippen molar-refractivity contribution >= 4 is 11.6 Å². The molecule has 6 nitrogen and oxygen atoms in total. The minimum absolute atomic E-state index is 0.0713. The van der Waals surface area contributed by atoms with Crippen LogP contribution in [0.1, 0.15) is 21.8 Å². The van der Waals surface area contributed by atoms with Crippen LogP contribution in [-0.4, -0.2) is 18.2 Å². The van der Waals surface area contributed by atoms with E-state index < -0.39 is 5.91 Å². The number of aryl methyl sites for hydroxylation is 1. The average Bonchev–Trinajstić information content (AvgIpc) is 3.02. The molecule has 0 aliphatic carbocycles. The fraction of sp³-hybridized carbons (Fsp3) is 0.158. The van der Waals surface area contributed by atoms with Gasteiger partial charge in [-0.05, 0) is 43.3 Å². The highest BCUT2D eigenvalue weighted by Gasteiger charge is 2.20. The van der Waals surface area contributed by atoms with E-state index in [1.807, 2.05) is 0 Å². The summed E-state index contributed by atoms with van der Waals surface area (Å²) in [6.07, 6.45) is 0. The maximum absolute atomic E-state index is 13.0. The van der Waals surface area contributed by atoms with Crippen LogP contribution in [0.4, 0.5) is 10.1 Å². The van der Waals surface area contributed by atoms with Crippen LogP contribution in [0.25, 0.3) is 0 Å². The molecule has 26 heavy (non-hydrogen) atoms. The van der Waals surface area contributed by atoms with Gasteiger partial charge in [0.2, 0.25) is 0 Å². The van der Waals surface area contributed by atoms with E-state index in [1.54, 1.807) is 38.3 Å². The fourth-order valence-electron chi connectivity index (χ4n) is 2.32. The lowest BCUT2D eigenvalue weighted by Crippen LogP contribution is -2.15. The molecular weight excluding hydrogens is 339 g/mol. The predicted octanol–water partition coefficient (Wildman–Crippen LogP) is 3.96. The van der Waals surface area contributed by atoms with Gasteiger partial charge in [0, 0.05) is 11.8 Å². The number of amides is 1. The van der Waals surface area contributed by atoms with Gasteiger partial charge >= 0.3 is 0 Å². The number of ether oxygens (including phenoxy) is 2. The maximum Gasteiger partial charge on any atom is 0.278 e. The maximum atomic E-state index is 13.0. The van der Waals surface area contributed by atoms with Crippen LogP contribution < -0.4 is 14.8 Å². The SMILES string of the molecule is COc1cccc(NC(=O)c2noc(C)c2COc2ccc(F)cc2)c1. The third-order valence-corrected chi connectivity index (χ3v) is 3.72. The third-order valence-electron chi connectivity index (χ3n) is 3.72. The van der Waals surface area contributed by atoms with Crippen LogP contribution in [0, 0.1) is 12.7 Å². The highest BCUT2D eigenvalue weighted by Crippen LogP contribution is 2.21. The Morgan fingerprint density at radius 3 is 2.69 bits per heavy atom. The van der Waals surface area contributed by atoms with Crippen LogP contribution in [0.15, 0.2) is 53.1 Å². The van der Waals surface area contributed by atoms with Crippen LogP contribution >= 0.6 is 0 Å². The van der Waals surface area contributed by atoms with E-state index in [9.17, 15) is 9.18 Å². The van der Waals surface area contributed by atoms with Gasteiger partial charge in [0.1, 0.15) is 29.7 Å². The molecule has 1 aromatic heterocycles. The van der Waals surface area contributed by atoms with Gasteiger partial charge in [0.25, 0.3) is 5.91 Å². The van der Waals surface area contributed by atoms with Crippen molar-refractivity contribution in [3.63, 3.8) is 0 Å². The van der Waals surface area contributed by atoms with Crippen molar-refractivity contribution in [2.45, 2.75) is 13.5 Å². The molecule has 1 amide bonds. The smallest absolute Gasteiger partial charge is 0.278 e. The molecule has 0 radical (unpaired) electrons. The zero-order chi connectivity index (χ0) is 18.5. The van der Waals surface area contributed by atoms with E-state index in [4.69, 9.17) is 14.0 Å². The van der Waals surface area contributed by atoms with Crippen molar-refractivity contribution in [2.24, 2.45) is 0 Å². The lowest BCUT2D eigenvalue weighted by molar-refractivity contribution is 0.101. The first-order chi connectivity index (χ1) is 12.6. The summed E-state index contributed by atoms with van der Waals surface area (Å²) in [4.78, 5) is 12.5. The van der Waals surface area contributed by atoms with Crippen molar-refractivity contribution in [3.05, 3.63) is 71.4 Å². The van der Waals surface area contributed by atoms with Crippen molar-refractivity contribution < 1.29 is 23.2 Å². The molecule has 0 saturated carbocycles. The molecule has 1 N–H and O–H groups in total. The number of hydrogen-bond acceptors (Lipinski definition) is 5. The Balaban J connectivity index is 1.73. The van der Waals surface area contributed by atoms with Crippen molar-refractivity contribution in [2.75, 3.05) is 12.4 Å². The van der Waals surface area contributed by atoms with Crippen LogP contribution in [0.2, 0.25) is 0 Å². The Labute approximate surface area is 149 Å². The van der Waals surface area contributed by atoms with Crippen molar-refractivity contribution in [1.29, 1.82) is 0 Å². The quantitative estimate of drug-likeness (QED) is 0.724. The lowest BCUT2D eigenvalue weighted by atomic mass is 10.2. The number of halogens is 1. The predicted molar refractivity (Wildman–Crippen MR) is 92.9 cm³/mol. The number of nitrogens with one attached hydrogen (secondary N) is 1. The van der Waals surface area contributed by atoms with E-state index in [0.717, 1.165) is 0 Å². The summed E-state index contributed by atoms with van der Waals surface area (Å²) in [5.74, 6) is 0.803. The Morgan fingerprint density at radius 2 is 1.96 bits per heavy atom. The molecule has 0 aliphatic rings. The van der Waals surface area contributed by atoms with E-state index in [2.05, 4.69) is 10.5 Å². The second-order valence-corrected chi connectivity index (χ2v) is 5.49. The van der Waals surface area contributed by atoms with Gasteiger partial charge in [-0.3, -0.25) is 4.79 Å². The normalized spacial score (nSPS) is 10.4. The molecule has 0 aliphatic heterocycles. The number of carbonyl (C=O) groups is 1. The summed E-state index contributed by atoms with van der Waals surface area (Å²) in [7, 11) is 1.55. The standard InChI is InChI=1S/C19H17FN2O4/c1-12-17(11-25-15-8-6-13(20)7-9-15)18(22-26-12)19(23)21-14-4-3-5-16(10-14)24-2/h3-10H,11H2,1-2H3,(H,21,23). The molecule has 3 rings (SSSR count). The highest BCUT2D eigenvalue weighted by molar-refractivity contribution is 6.04. The van der Waals surface area contributed by atoms with E-state index in [-0.39, 0.29) is 18.1 Å². The molecule has 2 aromatic carbocycles. The number of carbonyl (C=O) groups excluding carboxylic acids is 1. The van der Waals surface area contributed by atoms with Gasteiger partial charge in [-0.25, -0.2) is 4.39 Å². The van der Waals surface area contributed by atoms with Crippen LogP contribution in [-0.2, 0) is 6.61 Å². The van der Waals surface area contributed by atoms with Gasteiger partial charge in [-0.2, -0.15) is 0 Å². The summed E-state index contributed by atoms with van der Waals surface area (Å²) < 4.78 is 28.8. The second-order valence-electron chi connectivity index (χ2n) is 5.49. The van der Waals surface area contributed by atoms with Gasteiger partial charge in [-0.1, -0.05) is 11.2 Å². The van der Waals surface area contributed by atoms with Crippen molar-refractivity contribution in [1.82, 2.24) is 5.16 Å². The van der Waals surface area contributed by atoms with Gasteiger partial charge in [0.15, 0.2) is 5.69 Å². The highest BCUT2D eigenvalue weighted by atomic mass is 19.1. The Hall–Kier alpha value is -3.35. The molecule has 1 heterocycles.